The van der Waals surface area contributed by atoms with Crippen molar-refractivity contribution in [2.75, 3.05) is 39.4 Å². The summed E-state index contributed by atoms with van der Waals surface area (Å²) in [5.74, 6) is 0. The first kappa shape index (κ1) is 15.2. The highest BCUT2D eigenvalue weighted by Gasteiger charge is 2.24. The molecule has 1 aromatic rings. The van der Waals surface area contributed by atoms with Crippen LogP contribution in [-0.4, -0.2) is 66.2 Å². The van der Waals surface area contributed by atoms with Crippen LogP contribution in [0.5, 0.6) is 0 Å². The number of rotatable bonds is 3. The van der Waals surface area contributed by atoms with E-state index in [0.29, 0.717) is 26.3 Å². The maximum Gasteiger partial charge on any atom is 0.317 e. The summed E-state index contributed by atoms with van der Waals surface area (Å²) in [5.41, 5.74) is 1.09. The number of aromatic nitrogens is 1. The number of urea groups is 1. The van der Waals surface area contributed by atoms with Crippen molar-refractivity contribution in [1.82, 2.24) is 20.1 Å². The van der Waals surface area contributed by atoms with Crippen LogP contribution < -0.4 is 5.32 Å². The van der Waals surface area contributed by atoms with Gasteiger partial charge in [0.25, 0.3) is 0 Å². The Bertz CT molecular complexity index is 476. The summed E-state index contributed by atoms with van der Waals surface area (Å²) in [6.07, 6.45) is 3.99. The fourth-order valence-electron chi connectivity index (χ4n) is 3.07. The minimum Gasteiger partial charge on any atom is -0.378 e. The first-order chi connectivity index (χ1) is 10.8. The highest BCUT2D eigenvalue weighted by Crippen LogP contribution is 2.13. The van der Waals surface area contributed by atoms with E-state index in [-0.39, 0.29) is 12.1 Å². The average molecular weight is 304 g/mol. The molecule has 2 amide bonds. The standard InChI is InChI=1S/C16H24N4O2/c21-16(20-8-10-22-11-9-20)18-15-5-3-7-19(13-15)12-14-4-1-2-6-17-14/h1-2,4,6,15H,3,5,7-13H2,(H,18,21). The summed E-state index contributed by atoms with van der Waals surface area (Å²) in [7, 11) is 0. The van der Waals surface area contributed by atoms with Crippen LogP contribution in [0.1, 0.15) is 18.5 Å². The minimum absolute atomic E-state index is 0.0491. The van der Waals surface area contributed by atoms with Crippen LogP contribution in [0.15, 0.2) is 24.4 Å². The molecular formula is C16H24N4O2. The predicted octanol–water partition coefficient (Wildman–Crippen LogP) is 1.09. The Labute approximate surface area is 131 Å². The first-order valence-corrected chi connectivity index (χ1v) is 8.07. The lowest BCUT2D eigenvalue weighted by Gasteiger charge is -2.35. The van der Waals surface area contributed by atoms with E-state index in [9.17, 15) is 4.79 Å². The molecule has 0 spiro atoms. The zero-order chi connectivity index (χ0) is 15.2. The number of piperidine rings is 1. The highest BCUT2D eigenvalue weighted by atomic mass is 16.5. The largest absolute Gasteiger partial charge is 0.378 e. The third-order valence-electron chi connectivity index (χ3n) is 4.24. The Balaban J connectivity index is 1.48. The van der Waals surface area contributed by atoms with E-state index < -0.39 is 0 Å². The molecule has 120 valence electrons. The van der Waals surface area contributed by atoms with Gasteiger partial charge in [0.2, 0.25) is 0 Å². The third-order valence-corrected chi connectivity index (χ3v) is 4.24. The van der Waals surface area contributed by atoms with Gasteiger partial charge in [-0.25, -0.2) is 4.79 Å². The predicted molar refractivity (Wildman–Crippen MR) is 83.5 cm³/mol. The molecule has 2 saturated heterocycles. The van der Waals surface area contributed by atoms with E-state index in [4.69, 9.17) is 4.74 Å². The molecule has 2 aliphatic rings. The van der Waals surface area contributed by atoms with E-state index >= 15 is 0 Å². The Morgan fingerprint density at radius 2 is 2.18 bits per heavy atom. The molecule has 3 rings (SSSR count). The fourth-order valence-corrected chi connectivity index (χ4v) is 3.07. The van der Waals surface area contributed by atoms with Gasteiger partial charge in [-0.15, -0.1) is 0 Å². The quantitative estimate of drug-likeness (QED) is 0.908. The molecule has 6 heteroatoms. The molecule has 1 atom stereocenters. The van der Waals surface area contributed by atoms with E-state index in [1.807, 2.05) is 23.2 Å². The lowest BCUT2D eigenvalue weighted by Crippen LogP contribution is -2.53. The smallest absolute Gasteiger partial charge is 0.317 e. The molecule has 0 aliphatic carbocycles. The number of likely N-dealkylation sites (tertiary alicyclic amines) is 1. The Morgan fingerprint density at radius 3 is 2.95 bits per heavy atom. The number of carbonyl (C=O) groups excluding carboxylic acids is 1. The molecule has 0 saturated carbocycles. The first-order valence-electron chi connectivity index (χ1n) is 8.07. The number of hydrogen-bond acceptors (Lipinski definition) is 4. The van der Waals surface area contributed by atoms with Crippen LogP contribution in [-0.2, 0) is 11.3 Å². The van der Waals surface area contributed by atoms with Gasteiger partial charge in [0.05, 0.1) is 18.9 Å². The van der Waals surface area contributed by atoms with Crippen LogP contribution in [0, 0.1) is 0 Å². The Hall–Kier alpha value is -1.66. The Morgan fingerprint density at radius 1 is 1.32 bits per heavy atom. The number of nitrogens with zero attached hydrogens (tertiary/aromatic N) is 3. The minimum atomic E-state index is 0.0491. The van der Waals surface area contributed by atoms with Gasteiger partial charge in [-0.2, -0.15) is 0 Å². The maximum atomic E-state index is 12.3. The molecule has 0 bridgehead atoms. The summed E-state index contributed by atoms with van der Waals surface area (Å²) in [6.45, 7) is 5.48. The second-order valence-corrected chi connectivity index (χ2v) is 5.94. The lowest BCUT2D eigenvalue weighted by molar-refractivity contribution is 0.0513. The van der Waals surface area contributed by atoms with Gasteiger partial charge < -0.3 is 15.0 Å². The highest BCUT2D eigenvalue weighted by molar-refractivity contribution is 5.74. The van der Waals surface area contributed by atoms with Crippen molar-refractivity contribution < 1.29 is 9.53 Å². The topological polar surface area (TPSA) is 57.7 Å². The van der Waals surface area contributed by atoms with Gasteiger partial charge in [-0.05, 0) is 31.5 Å². The van der Waals surface area contributed by atoms with Crippen LogP contribution in [0.4, 0.5) is 4.79 Å². The second-order valence-electron chi connectivity index (χ2n) is 5.94. The summed E-state index contributed by atoms with van der Waals surface area (Å²) in [6, 6.07) is 6.28. The Kier molecular flexibility index (Phi) is 5.24. The number of ether oxygens (including phenoxy) is 1. The van der Waals surface area contributed by atoms with Gasteiger partial charge in [0, 0.05) is 38.4 Å². The van der Waals surface area contributed by atoms with Crippen LogP contribution in [0.25, 0.3) is 0 Å². The van der Waals surface area contributed by atoms with Gasteiger partial charge in [-0.1, -0.05) is 6.07 Å². The van der Waals surface area contributed by atoms with E-state index in [1.54, 1.807) is 0 Å². The molecule has 6 nitrogen and oxygen atoms in total. The molecule has 0 radical (unpaired) electrons. The molecular weight excluding hydrogens is 280 g/mol. The third kappa shape index (κ3) is 4.18. The normalized spacial score (nSPS) is 23.3. The molecule has 1 N–H and O–H groups in total. The van der Waals surface area contributed by atoms with Crippen LogP contribution in [0.3, 0.4) is 0 Å². The van der Waals surface area contributed by atoms with Gasteiger partial charge >= 0.3 is 6.03 Å². The molecule has 22 heavy (non-hydrogen) atoms. The number of hydrogen-bond donors (Lipinski definition) is 1. The molecule has 1 unspecified atom stereocenters. The zero-order valence-corrected chi connectivity index (χ0v) is 12.9. The molecule has 3 heterocycles. The van der Waals surface area contributed by atoms with Gasteiger partial charge in [-0.3, -0.25) is 9.88 Å². The van der Waals surface area contributed by atoms with Gasteiger partial charge in [0.15, 0.2) is 0 Å². The molecule has 2 aliphatic heterocycles. The summed E-state index contributed by atoms with van der Waals surface area (Å²) in [5, 5.41) is 3.17. The van der Waals surface area contributed by atoms with Crippen molar-refractivity contribution >= 4 is 6.03 Å². The van der Waals surface area contributed by atoms with Crippen LogP contribution >= 0.6 is 0 Å². The summed E-state index contributed by atoms with van der Waals surface area (Å²) >= 11 is 0. The zero-order valence-electron chi connectivity index (χ0n) is 12.9. The number of carbonyl (C=O) groups is 1. The van der Waals surface area contributed by atoms with Crippen molar-refractivity contribution in [1.29, 1.82) is 0 Å². The van der Waals surface area contributed by atoms with Crippen molar-refractivity contribution in [3.63, 3.8) is 0 Å². The second kappa shape index (κ2) is 7.56. The maximum absolute atomic E-state index is 12.3. The monoisotopic (exact) mass is 304 g/mol. The summed E-state index contributed by atoms with van der Waals surface area (Å²) in [4.78, 5) is 20.9. The van der Waals surface area contributed by atoms with E-state index in [2.05, 4.69) is 21.3 Å². The average Bonchev–Trinajstić information content (AvgIpc) is 2.57. The molecule has 1 aromatic heterocycles. The lowest BCUT2D eigenvalue weighted by atomic mass is 10.1. The van der Waals surface area contributed by atoms with Gasteiger partial charge in [0.1, 0.15) is 0 Å². The van der Waals surface area contributed by atoms with Crippen molar-refractivity contribution in [2.24, 2.45) is 0 Å². The fraction of sp³-hybridized carbons (Fsp3) is 0.625. The SMILES string of the molecule is O=C(NC1CCCN(Cc2ccccn2)C1)N1CCOCC1. The molecule has 0 aromatic carbocycles. The number of amides is 2. The molecule has 2 fully saturated rings. The number of morpholine rings is 1. The van der Waals surface area contributed by atoms with Crippen molar-refractivity contribution in [3.05, 3.63) is 30.1 Å². The summed E-state index contributed by atoms with van der Waals surface area (Å²) < 4.78 is 5.29. The number of pyridine rings is 1. The number of nitrogens with one attached hydrogen (secondary N) is 1. The van der Waals surface area contributed by atoms with Crippen LogP contribution in [0.2, 0.25) is 0 Å². The van der Waals surface area contributed by atoms with Crippen molar-refractivity contribution in [2.45, 2.75) is 25.4 Å². The van der Waals surface area contributed by atoms with E-state index in [0.717, 1.165) is 38.2 Å². The van der Waals surface area contributed by atoms with E-state index in [1.165, 1.54) is 0 Å². The van der Waals surface area contributed by atoms with Crippen molar-refractivity contribution in [3.8, 4) is 0 Å².